The van der Waals surface area contributed by atoms with Crippen LogP contribution in [0.4, 0.5) is 0 Å². The minimum atomic E-state index is 0.513. The number of nitrogens with two attached hydrogens (primary N) is 1. The Morgan fingerprint density at radius 2 is 2.00 bits per heavy atom. The van der Waals surface area contributed by atoms with Gasteiger partial charge in [-0.15, -0.1) is 0 Å². The average molecular weight is 171 g/mol. The van der Waals surface area contributed by atoms with Crippen LogP contribution in [0, 0.1) is 11.8 Å². The van der Waals surface area contributed by atoms with E-state index >= 15 is 0 Å². The lowest BCUT2D eigenvalue weighted by Gasteiger charge is -2.39. The molecule has 2 rings (SSSR count). The fourth-order valence-electron chi connectivity index (χ4n) is 2.23. The molecule has 1 aliphatic heterocycles. The highest BCUT2D eigenvalue weighted by atomic mass is 32.2. The van der Waals surface area contributed by atoms with E-state index in [9.17, 15) is 0 Å². The molecule has 11 heavy (non-hydrogen) atoms. The molecule has 1 saturated carbocycles. The number of rotatable bonds is 1. The second kappa shape index (κ2) is 3.36. The van der Waals surface area contributed by atoms with E-state index in [-0.39, 0.29) is 0 Å². The van der Waals surface area contributed by atoms with E-state index in [1.807, 2.05) is 11.8 Å². The molecule has 2 aliphatic rings. The van der Waals surface area contributed by atoms with Crippen molar-refractivity contribution in [1.29, 1.82) is 0 Å². The van der Waals surface area contributed by atoms with Gasteiger partial charge in [0.25, 0.3) is 0 Å². The van der Waals surface area contributed by atoms with Crippen molar-refractivity contribution in [3.8, 4) is 0 Å². The summed E-state index contributed by atoms with van der Waals surface area (Å²) in [7, 11) is 0. The molecule has 0 amide bonds. The van der Waals surface area contributed by atoms with Crippen molar-refractivity contribution in [2.24, 2.45) is 17.6 Å². The number of hydrogen-bond acceptors (Lipinski definition) is 2. The van der Waals surface area contributed by atoms with Crippen molar-refractivity contribution in [2.75, 3.05) is 11.5 Å². The Kier molecular flexibility index (Phi) is 2.42. The summed E-state index contributed by atoms with van der Waals surface area (Å²) in [6.07, 6.45) is 5.77. The van der Waals surface area contributed by atoms with Crippen molar-refractivity contribution in [3.63, 3.8) is 0 Å². The zero-order valence-electron chi connectivity index (χ0n) is 6.96. The Hall–Kier alpha value is 0.310. The molecular formula is C9H17NS. The topological polar surface area (TPSA) is 26.0 Å². The van der Waals surface area contributed by atoms with Crippen LogP contribution in [-0.4, -0.2) is 17.5 Å². The van der Waals surface area contributed by atoms with Gasteiger partial charge in [-0.25, -0.2) is 0 Å². The van der Waals surface area contributed by atoms with Crippen LogP contribution >= 0.6 is 11.8 Å². The first-order chi connectivity index (χ1) is 5.38. The lowest BCUT2D eigenvalue weighted by atomic mass is 9.72. The summed E-state index contributed by atoms with van der Waals surface area (Å²) >= 11 is 2.03. The van der Waals surface area contributed by atoms with Crippen molar-refractivity contribution < 1.29 is 0 Å². The molecule has 2 fully saturated rings. The Morgan fingerprint density at radius 1 is 1.18 bits per heavy atom. The number of hydrogen-bond donors (Lipinski definition) is 1. The quantitative estimate of drug-likeness (QED) is 0.652. The zero-order valence-corrected chi connectivity index (χ0v) is 7.78. The molecule has 2 atom stereocenters. The van der Waals surface area contributed by atoms with Crippen LogP contribution in [-0.2, 0) is 0 Å². The minimum Gasteiger partial charge on any atom is -0.327 e. The first-order valence-electron chi connectivity index (χ1n) is 4.71. The highest BCUT2D eigenvalue weighted by Gasteiger charge is 2.32. The lowest BCUT2D eigenvalue weighted by molar-refractivity contribution is 0.178. The zero-order chi connectivity index (χ0) is 7.68. The van der Waals surface area contributed by atoms with E-state index in [1.165, 1.54) is 37.2 Å². The van der Waals surface area contributed by atoms with Crippen molar-refractivity contribution in [2.45, 2.75) is 31.7 Å². The standard InChI is InChI=1S/C9H17NS/c10-9-6-11-5-4-8(9)7-2-1-3-7/h7-9H,1-6,10H2. The smallest absolute Gasteiger partial charge is 0.0161 e. The van der Waals surface area contributed by atoms with Gasteiger partial charge in [-0.1, -0.05) is 19.3 Å². The van der Waals surface area contributed by atoms with E-state index in [0.29, 0.717) is 6.04 Å². The van der Waals surface area contributed by atoms with Crippen LogP contribution in [0.1, 0.15) is 25.7 Å². The molecule has 0 bridgehead atoms. The van der Waals surface area contributed by atoms with Crippen molar-refractivity contribution >= 4 is 11.8 Å². The van der Waals surface area contributed by atoms with Crippen molar-refractivity contribution in [1.82, 2.24) is 0 Å². The maximum absolute atomic E-state index is 6.07. The van der Waals surface area contributed by atoms with Gasteiger partial charge in [0, 0.05) is 11.8 Å². The molecule has 1 heterocycles. The van der Waals surface area contributed by atoms with Gasteiger partial charge in [0.2, 0.25) is 0 Å². The largest absolute Gasteiger partial charge is 0.327 e. The summed E-state index contributed by atoms with van der Waals surface area (Å²) < 4.78 is 0. The molecule has 1 aliphatic carbocycles. The van der Waals surface area contributed by atoms with Gasteiger partial charge in [-0.05, 0) is 24.0 Å². The molecule has 1 nitrogen and oxygen atoms in total. The van der Waals surface area contributed by atoms with E-state index in [1.54, 1.807) is 0 Å². The Morgan fingerprint density at radius 3 is 2.55 bits per heavy atom. The number of thioether (sulfide) groups is 1. The molecule has 0 spiro atoms. The molecule has 64 valence electrons. The molecule has 0 aromatic heterocycles. The average Bonchev–Trinajstić information content (AvgIpc) is 1.90. The van der Waals surface area contributed by atoms with E-state index < -0.39 is 0 Å². The summed E-state index contributed by atoms with van der Waals surface area (Å²) in [5.41, 5.74) is 6.07. The Bertz CT molecular complexity index is 132. The first-order valence-corrected chi connectivity index (χ1v) is 5.87. The molecule has 0 aromatic carbocycles. The third kappa shape index (κ3) is 1.57. The highest BCUT2D eigenvalue weighted by Crippen LogP contribution is 2.39. The van der Waals surface area contributed by atoms with E-state index in [0.717, 1.165) is 11.8 Å². The van der Waals surface area contributed by atoms with Gasteiger partial charge in [0.15, 0.2) is 0 Å². The summed E-state index contributed by atoms with van der Waals surface area (Å²) in [6.45, 7) is 0. The summed E-state index contributed by atoms with van der Waals surface area (Å²) in [4.78, 5) is 0. The SMILES string of the molecule is NC1CSCCC1C1CCC1. The van der Waals surface area contributed by atoms with Gasteiger partial charge in [0.05, 0.1) is 0 Å². The first kappa shape index (κ1) is 7.93. The second-order valence-corrected chi connectivity index (χ2v) is 5.03. The maximum Gasteiger partial charge on any atom is 0.0161 e. The predicted octanol–water partition coefficient (Wildman–Crippen LogP) is 1.87. The summed E-state index contributed by atoms with van der Waals surface area (Å²) in [6, 6.07) is 0.513. The Labute approximate surface area is 73.1 Å². The van der Waals surface area contributed by atoms with Crippen LogP contribution in [0.15, 0.2) is 0 Å². The third-order valence-corrected chi connectivity index (χ3v) is 4.36. The fourth-order valence-corrected chi connectivity index (χ4v) is 3.35. The highest BCUT2D eigenvalue weighted by molar-refractivity contribution is 7.99. The van der Waals surface area contributed by atoms with Crippen molar-refractivity contribution in [3.05, 3.63) is 0 Å². The van der Waals surface area contributed by atoms with Gasteiger partial charge >= 0.3 is 0 Å². The summed E-state index contributed by atoms with van der Waals surface area (Å²) in [5, 5.41) is 0. The van der Waals surface area contributed by atoms with Crippen LogP contribution in [0.25, 0.3) is 0 Å². The molecule has 1 saturated heterocycles. The maximum atomic E-state index is 6.07. The molecule has 0 radical (unpaired) electrons. The lowest BCUT2D eigenvalue weighted by Crippen LogP contribution is -2.42. The minimum absolute atomic E-state index is 0.513. The van der Waals surface area contributed by atoms with E-state index in [2.05, 4.69) is 0 Å². The third-order valence-electron chi connectivity index (χ3n) is 3.21. The monoisotopic (exact) mass is 171 g/mol. The normalized spacial score (nSPS) is 40.1. The van der Waals surface area contributed by atoms with Crippen LogP contribution < -0.4 is 5.73 Å². The van der Waals surface area contributed by atoms with Crippen LogP contribution in [0.5, 0.6) is 0 Å². The van der Waals surface area contributed by atoms with Crippen LogP contribution in [0.2, 0.25) is 0 Å². The fraction of sp³-hybridized carbons (Fsp3) is 1.00. The molecular weight excluding hydrogens is 154 g/mol. The molecule has 0 aromatic rings. The van der Waals surface area contributed by atoms with E-state index in [4.69, 9.17) is 5.73 Å². The van der Waals surface area contributed by atoms with Gasteiger partial charge in [-0.2, -0.15) is 11.8 Å². The second-order valence-electron chi connectivity index (χ2n) is 3.88. The Balaban J connectivity index is 1.88. The predicted molar refractivity (Wildman–Crippen MR) is 50.7 cm³/mol. The van der Waals surface area contributed by atoms with Gasteiger partial charge in [-0.3, -0.25) is 0 Å². The summed E-state index contributed by atoms with van der Waals surface area (Å²) in [5.74, 6) is 4.45. The van der Waals surface area contributed by atoms with Crippen LogP contribution in [0.3, 0.4) is 0 Å². The molecule has 2 unspecified atom stereocenters. The van der Waals surface area contributed by atoms with Gasteiger partial charge in [0.1, 0.15) is 0 Å². The molecule has 2 heteroatoms. The van der Waals surface area contributed by atoms with Gasteiger partial charge < -0.3 is 5.73 Å². The molecule has 2 N–H and O–H groups in total.